The second-order valence-corrected chi connectivity index (χ2v) is 3.56. The van der Waals surface area contributed by atoms with Crippen LogP contribution in [0.1, 0.15) is 20.8 Å². The van der Waals surface area contributed by atoms with E-state index < -0.39 is 0 Å². The lowest BCUT2D eigenvalue weighted by Crippen LogP contribution is -1.99. The summed E-state index contributed by atoms with van der Waals surface area (Å²) in [5.41, 5.74) is 2.09. The molecule has 1 nitrogen and oxygen atoms in total. The van der Waals surface area contributed by atoms with Gasteiger partial charge < -0.3 is 5.32 Å². The minimum absolute atomic E-state index is 0.398. The molecule has 0 fully saturated rings. The summed E-state index contributed by atoms with van der Waals surface area (Å²) in [5.74, 6) is 0. The first-order valence-electron chi connectivity index (χ1n) is 3.56. The standard InChI is InChI=1S/C9H13Cl2N/c1-6(5-12-9(4)11)7(2)8(3)10/h5,12H,4H2,1-3H3/b6-5?,8-7+. The van der Waals surface area contributed by atoms with Gasteiger partial charge in [-0.3, -0.25) is 0 Å². The predicted octanol–water partition coefficient (Wildman–Crippen LogP) is 3.72. The van der Waals surface area contributed by atoms with Crippen LogP contribution in [0.4, 0.5) is 0 Å². The number of nitrogens with one attached hydrogen (secondary N) is 1. The molecule has 0 aromatic rings. The van der Waals surface area contributed by atoms with E-state index in [0.29, 0.717) is 5.16 Å². The fourth-order valence-electron chi connectivity index (χ4n) is 0.567. The highest BCUT2D eigenvalue weighted by atomic mass is 35.5. The van der Waals surface area contributed by atoms with Crippen LogP contribution >= 0.6 is 23.2 Å². The summed E-state index contributed by atoms with van der Waals surface area (Å²) in [5, 5.41) is 3.98. The first-order chi connectivity index (χ1) is 5.45. The van der Waals surface area contributed by atoms with Crippen molar-refractivity contribution in [1.82, 2.24) is 5.32 Å². The molecule has 0 saturated heterocycles. The second kappa shape index (κ2) is 5.28. The van der Waals surface area contributed by atoms with E-state index in [1.807, 2.05) is 20.8 Å². The minimum Gasteiger partial charge on any atom is -0.353 e. The van der Waals surface area contributed by atoms with Crippen molar-refractivity contribution in [3.8, 4) is 0 Å². The SMILES string of the molecule is C=C(Cl)NC=C(C)/C(C)=C(\C)Cl. The third-order valence-corrected chi connectivity index (χ3v) is 1.95. The van der Waals surface area contributed by atoms with Gasteiger partial charge in [-0.2, -0.15) is 0 Å². The van der Waals surface area contributed by atoms with Crippen LogP contribution in [-0.2, 0) is 0 Å². The van der Waals surface area contributed by atoms with Crippen LogP contribution < -0.4 is 5.32 Å². The van der Waals surface area contributed by atoms with Crippen LogP contribution in [0.5, 0.6) is 0 Å². The summed E-state index contributed by atoms with van der Waals surface area (Å²) >= 11 is 11.3. The zero-order valence-electron chi connectivity index (χ0n) is 7.54. The first kappa shape index (κ1) is 11.6. The predicted molar refractivity (Wildman–Crippen MR) is 56.1 cm³/mol. The van der Waals surface area contributed by atoms with Crippen LogP contribution in [-0.4, -0.2) is 0 Å². The number of hydrogen-bond acceptors (Lipinski definition) is 1. The lowest BCUT2D eigenvalue weighted by molar-refractivity contribution is 1.12. The Hall–Kier alpha value is -0.400. The monoisotopic (exact) mass is 205 g/mol. The van der Waals surface area contributed by atoms with Gasteiger partial charge in [0, 0.05) is 11.2 Å². The van der Waals surface area contributed by atoms with Crippen LogP contribution in [0, 0.1) is 0 Å². The Bertz CT molecular complexity index is 235. The Morgan fingerprint density at radius 3 is 2.08 bits per heavy atom. The zero-order chi connectivity index (χ0) is 9.72. The van der Waals surface area contributed by atoms with Gasteiger partial charge in [0.05, 0.1) is 5.16 Å². The lowest BCUT2D eigenvalue weighted by atomic mass is 10.1. The lowest BCUT2D eigenvalue weighted by Gasteiger charge is -2.03. The molecule has 0 unspecified atom stereocenters. The molecule has 0 spiro atoms. The van der Waals surface area contributed by atoms with Crippen molar-refractivity contribution in [3.05, 3.63) is 34.1 Å². The Balaban J connectivity index is 4.39. The minimum atomic E-state index is 0.398. The average molecular weight is 206 g/mol. The molecule has 68 valence electrons. The molecule has 0 bridgehead atoms. The maximum Gasteiger partial charge on any atom is 0.0984 e. The van der Waals surface area contributed by atoms with Crippen molar-refractivity contribution >= 4 is 23.2 Å². The smallest absolute Gasteiger partial charge is 0.0984 e. The van der Waals surface area contributed by atoms with Crippen molar-refractivity contribution in [3.63, 3.8) is 0 Å². The van der Waals surface area contributed by atoms with E-state index in [2.05, 4.69) is 11.9 Å². The van der Waals surface area contributed by atoms with Crippen LogP contribution in [0.15, 0.2) is 34.1 Å². The van der Waals surface area contributed by atoms with Gasteiger partial charge in [0.2, 0.25) is 0 Å². The summed E-state index contributed by atoms with van der Waals surface area (Å²) < 4.78 is 0. The van der Waals surface area contributed by atoms with Gasteiger partial charge in [0.25, 0.3) is 0 Å². The molecular formula is C9H13Cl2N. The van der Waals surface area contributed by atoms with Crippen molar-refractivity contribution in [2.45, 2.75) is 20.8 Å². The molecule has 0 saturated carbocycles. The molecule has 1 N–H and O–H groups in total. The largest absolute Gasteiger partial charge is 0.353 e. The van der Waals surface area contributed by atoms with E-state index in [1.54, 1.807) is 6.20 Å². The summed E-state index contributed by atoms with van der Waals surface area (Å²) in [7, 11) is 0. The fraction of sp³-hybridized carbons (Fsp3) is 0.333. The topological polar surface area (TPSA) is 12.0 Å². The molecule has 0 radical (unpaired) electrons. The summed E-state index contributed by atoms with van der Waals surface area (Å²) in [6.07, 6.45) is 1.77. The summed E-state index contributed by atoms with van der Waals surface area (Å²) in [6.45, 7) is 9.25. The van der Waals surface area contributed by atoms with Crippen molar-refractivity contribution in [2.24, 2.45) is 0 Å². The third kappa shape index (κ3) is 4.47. The van der Waals surface area contributed by atoms with E-state index in [4.69, 9.17) is 23.2 Å². The molecule has 0 aliphatic heterocycles. The van der Waals surface area contributed by atoms with Gasteiger partial charge in [-0.15, -0.1) is 0 Å². The molecule has 12 heavy (non-hydrogen) atoms. The molecule has 0 atom stereocenters. The van der Waals surface area contributed by atoms with E-state index in [0.717, 1.165) is 16.2 Å². The van der Waals surface area contributed by atoms with Gasteiger partial charge in [-0.25, -0.2) is 0 Å². The Labute approximate surface area is 83.7 Å². The van der Waals surface area contributed by atoms with E-state index in [1.165, 1.54) is 0 Å². The highest BCUT2D eigenvalue weighted by Gasteiger charge is 1.95. The maximum absolute atomic E-state index is 5.79. The Morgan fingerprint density at radius 2 is 1.75 bits per heavy atom. The van der Waals surface area contributed by atoms with Crippen molar-refractivity contribution in [1.29, 1.82) is 0 Å². The molecular weight excluding hydrogens is 193 g/mol. The molecule has 3 heteroatoms. The number of halogens is 2. The van der Waals surface area contributed by atoms with Crippen molar-refractivity contribution < 1.29 is 0 Å². The molecule has 0 aromatic heterocycles. The molecule has 0 aliphatic carbocycles. The number of rotatable bonds is 3. The van der Waals surface area contributed by atoms with Gasteiger partial charge in [0.15, 0.2) is 0 Å². The van der Waals surface area contributed by atoms with E-state index in [9.17, 15) is 0 Å². The molecule has 0 amide bonds. The summed E-state index contributed by atoms with van der Waals surface area (Å²) in [4.78, 5) is 0. The molecule has 0 aliphatic rings. The molecule has 0 aromatic carbocycles. The van der Waals surface area contributed by atoms with Gasteiger partial charge in [-0.05, 0) is 31.9 Å². The van der Waals surface area contributed by atoms with E-state index >= 15 is 0 Å². The quantitative estimate of drug-likeness (QED) is 0.548. The first-order valence-corrected chi connectivity index (χ1v) is 4.31. The molecule has 0 heterocycles. The highest BCUT2D eigenvalue weighted by molar-refractivity contribution is 6.29. The fourth-order valence-corrected chi connectivity index (χ4v) is 0.770. The van der Waals surface area contributed by atoms with Gasteiger partial charge >= 0.3 is 0 Å². The van der Waals surface area contributed by atoms with Gasteiger partial charge in [0.1, 0.15) is 0 Å². The highest BCUT2D eigenvalue weighted by Crippen LogP contribution is 2.15. The van der Waals surface area contributed by atoms with Gasteiger partial charge in [-0.1, -0.05) is 29.8 Å². The molecule has 0 rings (SSSR count). The number of allylic oxidation sites excluding steroid dienone is 3. The summed E-state index contributed by atoms with van der Waals surface area (Å²) in [6, 6.07) is 0. The van der Waals surface area contributed by atoms with Crippen molar-refractivity contribution in [2.75, 3.05) is 0 Å². The zero-order valence-corrected chi connectivity index (χ0v) is 9.05. The van der Waals surface area contributed by atoms with Crippen LogP contribution in [0.3, 0.4) is 0 Å². The number of hydrogen-bond donors (Lipinski definition) is 1. The second-order valence-electron chi connectivity index (χ2n) is 2.54. The maximum atomic E-state index is 5.79. The van der Waals surface area contributed by atoms with E-state index in [-0.39, 0.29) is 0 Å². The third-order valence-electron chi connectivity index (χ3n) is 1.55. The van der Waals surface area contributed by atoms with Crippen LogP contribution in [0.2, 0.25) is 0 Å². The average Bonchev–Trinajstić information content (AvgIpc) is 1.98. The normalized spacial score (nSPS) is 13.9. The Kier molecular flexibility index (Phi) is 5.11. The Morgan fingerprint density at radius 1 is 1.25 bits per heavy atom. The van der Waals surface area contributed by atoms with Crippen LogP contribution in [0.25, 0.3) is 0 Å².